The highest BCUT2D eigenvalue weighted by Gasteiger charge is 2.30. The summed E-state index contributed by atoms with van der Waals surface area (Å²) in [6, 6.07) is 4.30. The van der Waals surface area contributed by atoms with Crippen LogP contribution in [0.15, 0.2) is 41.0 Å². The Balaban J connectivity index is 1.80. The van der Waals surface area contributed by atoms with E-state index >= 15 is 0 Å². The van der Waals surface area contributed by atoms with E-state index in [1.807, 2.05) is 0 Å². The molecule has 1 unspecified atom stereocenters. The number of amides is 2. The molecular formula is C20H17F4N3O3. The van der Waals surface area contributed by atoms with E-state index in [1.165, 1.54) is 6.07 Å². The van der Waals surface area contributed by atoms with E-state index in [9.17, 15) is 31.9 Å². The van der Waals surface area contributed by atoms with Gasteiger partial charge in [-0.05, 0) is 54.7 Å². The number of halogens is 4. The molecule has 1 aliphatic carbocycles. The predicted molar refractivity (Wildman–Crippen MR) is 99.9 cm³/mol. The molecule has 0 bridgehead atoms. The Bertz CT molecular complexity index is 1070. The van der Waals surface area contributed by atoms with Crippen LogP contribution in [0.5, 0.6) is 0 Å². The number of aromatic amines is 1. The zero-order valence-electron chi connectivity index (χ0n) is 15.5. The highest BCUT2D eigenvalue weighted by molar-refractivity contribution is 5.96. The van der Waals surface area contributed by atoms with Gasteiger partial charge in [0.1, 0.15) is 5.56 Å². The van der Waals surface area contributed by atoms with Crippen molar-refractivity contribution >= 4 is 17.9 Å². The lowest BCUT2D eigenvalue weighted by Crippen LogP contribution is -2.34. The van der Waals surface area contributed by atoms with Crippen LogP contribution < -0.4 is 16.6 Å². The molecule has 0 aliphatic heterocycles. The Kier molecular flexibility index (Phi) is 5.77. The number of pyridine rings is 1. The van der Waals surface area contributed by atoms with Crippen LogP contribution in [0.2, 0.25) is 0 Å². The number of H-pyrrole nitrogens is 1. The standard InChI is InChI=1S/C20H17F4N3O3/c21-14(8-10-4-6-11(7-5-10)20(22,23)24)19(30)27-16-3-1-2-15-12(16)9-13(17(25)28)18(29)26-15/h4-9,16H,1-3H2,(H2,25,28)(H,26,29)(H,27,30). The third-order valence-corrected chi connectivity index (χ3v) is 4.77. The number of nitrogens with one attached hydrogen (secondary N) is 2. The molecule has 1 aromatic heterocycles. The fourth-order valence-electron chi connectivity index (χ4n) is 3.28. The predicted octanol–water partition coefficient (Wildman–Crippen LogP) is 3.00. The second kappa shape index (κ2) is 8.13. The zero-order valence-corrected chi connectivity index (χ0v) is 15.5. The van der Waals surface area contributed by atoms with Crippen LogP contribution in [0, 0.1) is 0 Å². The van der Waals surface area contributed by atoms with E-state index in [-0.39, 0.29) is 11.1 Å². The molecule has 3 rings (SSSR count). The molecule has 4 N–H and O–H groups in total. The van der Waals surface area contributed by atoms with Crippen molar-refractivity contribution in [2.45, 2.75) is 31.5 Å². The molecular weight excluding hydrogens is 406 g/mol. The van der Waals surface area contributed by atoms with Crippen LogP contribution in [0.4, 0.5) is 17.6 Å². The molecule has 2 aromatic rings. The summed E-state index contributed by atoms with van der Waals surface area (Å²) in [5.74, 6) is -3.19. The monoisotopic (exact) mass is 423 g/mol. The maximum atomic E-state index is 14.3. The van der Waals surface area contributed by atoms with Crippen molar-refractivity contribution in [3.63, 3.8) is 0 Å². The lowest BCUT2D eigenvalue weighted by molar-refractivity contribution is -0.137. The molecule has 0 saturated heterocycles. The number of rotatable bonds is 4. The number of aromatic nitrogens is 1. The van der Waals surface area contributed by atoms with E-state index in [4.69, 9.17) is 5.73 Å². The van der Waals surface area contributed by atoms with Crippen LogP contribution in [0.1, 0.15) is 51.6 Å². The highest BCUT2D eigenvalue weighted by atomic mass is 19.4. The fraction of sp³-hybridized carbons (Fsp3) is 0.250. The van der Waals surface area contributed by atoms with Crippen molar-refractivity contribution < 1.29 is 27.2 Å². The average Bonchev–Trinajstić information content (AvgIpc) is 2.67. The third kappa shape index (κ3) is 4.58. The van der Waals surface area contributed by atoms with Gasteiger partial charge in [0.2, 0.25) is 0 Å². The Morgan fingerprint density at radius 1 is 1.20 bits per heavy atom. The second-order valence-corrected chi connectivity index (χ2v) is 6.84. The molecule has 1 heterocycles. The minimum Gasteiger partial charge on any atom is -0.365 e. The van der Waals surface area contributed by atoms with Crippen molar-refractivity contribution in [3.8, 4) is 0 Å². The van der Waals surface area contributed by atoms with Crippen molar-refractivity contribution in [2.75, 3.05) is 0 Å². The SMILES string of the molecule is NC(=O)c1cc2c([nH]c1=O)CCCC2NC(=O)C(F)=Cc1ccc(C(F)(F)F)cc1. The van der Waals surface area contributed by atoms with Gasteiger partial charge in [0, 0.05) is 5.69 Å². The molecule has 0 fully saturated rings. The Labute approximate surface area is 167 Å². The number of alkyl halides is 3. The molecule has 1 atom stereocenters. The number of hydrogen-bond donors (Lipinski definition) is 3. The van der Waals surface area contributed by atoms with E-state index in [1.54, 1.807) is 0 Å². The number of carbonyl (C=O) groups excluding carboxylic acids is 2. The second-order valence-electron chi connectivity index (χ2n) is 6.84. The summed E-state index contributed by atoms with van der Waals surface area (Å²) in [5, 5.41) is 2.48. The van der Waals surface area contributed by atoms with Crippen molar-refractivity contribution in [2.24, 2.45) is 5.73 Å². The minimum atomic E-state index is -4.52. The first-order chi connectivity index (χ1) is 14.1. The van der Waals surface area contributed by atoms with Gasteiger partial charge in [0.15, 0.2) is 5.83 Å². The number of primary amides is 1. The quantitative estimate of drug-likeness (QED) is 0.520. The lowest BCUT2D eigenvalue weighted by Gasteiger charge is -2.26. The Morgan fingerprint density at radius 3 is 2.47 bits per heavy atom. The first-order valence-corrected chi connectivity index (χ1v) is 8.97. The van der Waals surface area contributed by atoms with Crippen molar-refractivity contribution in [1.29, 1.82) is 0 Å². The molecule has 1 aromatic carbocycles. The largest absolute Gasteiger partial charge is 0.416 e. The van der Waals surface area contributed by atoms with Crippen LogP contribution in [0.25, 0.3) is 6.08 Å². The summed E-state index contributed by atoms with van der Waals surface area (Å²) in [5.41, 5.74) is 4.46. The summed E-state index contributed by atoms with van der Waals surface area (Å²) in [6.45, 7) is 0. The van der Waals surface area contributed by atoms with Gasteiger partial charge >= 0.3 is 6.18 Å². The highest BCUT2D eigenvalue weighted by Crippen LogP contribution is 2.30. The lowest BCUT2D eigenvalue weighted by atomic mass is 9.90. The van der Waals surface area contributed by atoms with E-state index in [0.717, 1.165) is 30.3 Å². The van der Waals surface area contributed by atoms with Crippen LogP contribution in [-0.2, 0) is 17.4 Å². The van der Waals surface area contributed by atoms with Crippen molar-refractivity contribution in [3.05, 3.63) is 74.5 Å². The van der Waals surface area contributed by atoms with Gasteiger partial charge in [-0.25, -0.2) is 4.39 Å². The van der Waals surface area contributed by atoms with Crippen LogP contribution in [0.3, 0.4) is 0 Å². The Morgan fingerprint density at radius 2 is 1.87 bits per heavy atom. The number of hydrogen-bond acceptors (Lipinski definition) is 3. The van der Waals surface area contributed by atoms with Gasteiger partial charge in [-0.1, -0.05) is 12.1 Å². The fourth-order valence-corrected chi connectivity index (χ4v) is 3.28. The van der Waals surface area contributed by atoms with Crippen LogP contribution in [-0.4, -0.2) is 16.8 Å². The van der Waals surface area contributed by atoms with Gasteiger partial charge < -0.3 is 16.0 Å². The number of aryl methyl sites for hydroxylation is 1. The number of benzene rings is 1. The summed E-state index contributed by atoms with van der Waals surface area (Å²) < 4.78 is 52.1. The topological polar surface area (TPSA) is 105 Å². The molecule has 1 aliphatic rings. The van der Waals surface area contributed by atoms with Crippen molar-refractivity contribution in [1.82, 2.24) is 10.3 Å². The molecule has 0 spiro atoms. The maximum Gasteiger partial charge on any atom is 0.416 e. The van der Waals surface area contributed by atoms with Gasteiger partial charge in [-0.3, -0.25) is 14.4 Å². The summed E-state index contributed by atoms with van der Waals surface area (Å²) >= 11 is 0. The van der Waals surface area contributed by atoms with Gasteiger partial charge in [-0.2, -0.15) is 13.2 Å². The smallest absolute Gasteiger partial charge is 0.365 e. The average molecular weight is 423 g/mol. The minimum absolute atomic E-state index is 0.0834. The number of nitrogens with two attached hydrogens (primary N) is 1. The molecule has 2 amide bonds. The van der Waals surface area contributed by atoms with E-state index in [2.05, 4.69) is 10.3 Å². The first kappa shape index (κ1) is 21.3. The first-order valence-electron chi connectivity index (χ1n) is 8.97. The zero-order chi connectivity index (χ0) is 22.1. The van der Waals surface area contributed by atoms with Gasteiger partial charge in [-0.15, -0.1) is 0 Å². The summed E-state index contributed by atoms with van der Waals surface area (Å²) in [6.07, 6.45) is -2.14. The molecule has 0 saturated carbocycles. The van der Waals surface area contributed by atoms with E-state index in [0.29, 0.717) is 30.5 Å². The molecule has 10 heteroatoms. The van der Waals surface area contributed by atoms with E-state index < -0.39 is 41.0 Å². The molecule has 6 nitrogen and oxygen atoms in total. The van der Waals surface area contributed by atoms with Gasteiger partial charge in [0.25, 0.3) is 17.4 Å². The number of carbonyl (C=O) groups is 2. The number of fused-ring (bicyclic) bond motifs is 1. The molecule has 0 radical (unpaired) electrons. The normalized spacial score (nSPS) is 16.7. The van der Waals surface area contributed by atoms with Crippen LogP contribution >= 0.6 is 0 Å². The maximum absolute atomic E-state index is 14.3. The Hall–Kier alpha value is -3.43. The van der Waals surface area contributed by atoms with Gasteiger partial charge in [0.05, 0.1) is 11.6 Å². The molecule has 30 heavy (non-hydrogen) atoms. The summed E-state index contributed by atoms with van der Waals surface area (Å²) in [4.78, 5) is 38.1. The summed E-state index contributed by atoms with van der Waals surface area (Å²) in [7, 11) is 0. The molecule has 158 valence electrons. The third-order valence-electron chi connectivity index (χ3n) is 4.77.